The Morgan fingerprint density at radius 3 is 3.19 bits per heavy atom. The molecule has 0 aromatic carbocycles. The molecular weight excluding hydrogens is 244 g/mol. The SMILES string of the molecule is O=C1CSC(c2ccco2)N1c1nccs1. The van der Waals surface area contributed by atoms with Gasteiger partial charge in [0.15, 0.2) is 5.13 Å². The molecule has 6 heteroatoms. The molecule has 0 aliphatic carbocycles. The maximum atomic E-state index is 11.8. The largest absolute Gasteiger partial charge is 0.466 e. The number of carbonyl (C=O) groups excluding carboxylic acids is 1. The van der Waals surface area contributed by atoms with Gasteiger partial charge in [0.25, 0.3) is 0 Å². The van der Waals surface area contributed by atoms with Gasteiger partial charge in [0.2, 0.25) is 5.91 Å². The molecule has 0 bridgehead atoms. The Hall–Kier alpha value is -1.27. The van der Waals surface area contributed by atoms with Gasteiger partial charge in [-0.25, -0.2) is 4.98 Å². The van der Waals surface area contributed by atoms with Crippen LogP contribution in [0, 0.1) is 0 Å². The molecule has 1 aliphatic rings. The number of thiazole rings is 1. The van der Waals surface area contributed by atoms with Gasteiger partial charge < -0.3 is 4.42 Å². The number of amides is 1. The lowest BCUT2D eigenvalue weighted by Crippen LogP contribution is -2.27. The summed E-state index contributed by atoms with van der Waals surface area (Å²) in [7, 11) is 0. The lowest BCUT2D eigenvalue weighted by atomic mass is 10.4. The second-order valence-electron chi connectivity index (χ2n) is 3.26. The predicted octanol–water partition coefficient (Wildman–Crippen LogP) is 2.51. The van der Waals surface area contributed by atoms with Crippen LogP contribution in [0.4, 0.5) is 5.13 Å². The Bertz CT molecular complexity index is 481. The maximum absolute atomic E-state index is 11.8. The molecule has 3 rings (SSSR count). The molecule has 16 heavy (non-hydrogen) atoms. The third-order valence-electron chi connectivity index (χ3n) is 2.28. The smallest absolute Gasteiger partial charge is 0.240 e. The number of nitrogens with zero attached hydrogens (tertiary/aromatic N) is 2. The highest BCUT2D eigenvalue weighted by molar-refractivity contribution is 8.00. The highest BCUT2D eigenvalue weighted by atomic mass is 32.2. The summed E-state index contributed by atoms with van der Waals surface area (Å²) in [6.45, 7) is 0. The molecule has 0 N–H and O–H groups in total. The van der Waals surface area contributed by atoms with Crippen LogP contribution >= 0.6 is 23.1 Å². The molecule has 2 aromatic rings. The van der Waals surface area contributed by atoms with Crippen LogP contribution in [-0.4, -0.2) is 16.6 Å². The Morgan fingerprint density at radius 2 is 2.50 bits per heavy atom. The Kier molecular flexibility index (Phi) is 2.45. The molecule has 1 amide bonds. The lowest BCUT2D eigenvalue weighted by Gasteiger charge is -2.18. The quantitative estimate of drug-likeness (QED) is 0.824. The molecule has 0 radical (unpaired) electrons. The van der Waals surface area contributed by atoms with E-state index in [9.17, 15) is 4.79 Å². The summed E-state index contributed by atoms with van der Waals surface area (Å²) in [5, 5.41) is 2.52. The minimum absolute atomic E-state index is 0.0753. The summed E-state index contributed by atoms with van der Waals surface area (Å²) in [6, 6.07) is 3.72. The number of thioether (sulfide) groups is 1. The fourth-order valence-corrected chi connectivity index (χ4v) is 3.47. The molecular formula is C10H8N2O2S2. The first-order valence-electron chi connectivity index (χ1n) is 4.73. The standard InChI is InChI=1S/C10H8N2O2S2/c13-8-6-16-9(7-2-1-4-14-7)12(8)10-11-3-5-15-10/h1-5,9H,6H2. The van der Waals surface area contributed by atoms with Gasteiger partial charge in [0.1, 0.15) is 11.1 Å². The van der Waals surface area contributed by atoms with Gasteiger partial charge in [-0.05, 0) is 12.1 Å². The second kappa shape index (κ2) is 3.95. The van der Waals surface area contributed by atoms with E-state index in [1.165, 1.54) is 11.3 Å². The zero-order valence-electron chi connectivity index (χ0n) is 8.20. The van der Waals surface area contributed by atoms with E-state index >= 15 is 0 Å². The van der Waals surface area contributed by atoms with Gasteiger partial charge in [0, 0.05) is 11.6 Å². The summed E-state index contributed by atoms with van der Waals surface area (Å²) in [5.41, 5.74) is 0. The molecule has 0 saturated carbocycles. The van der Waals surface area contributed by atoms with Crippen molar-refractivity contribution in [2.45, 2.75) is 5.37 Å². The summed E-state index contributed by atoms with van der Waals surface area (Å²) in [4.78, 5) is 17.7. The van der Waals surface area contributed by atoms with Crippen LogP contribution in [0.25, 0.3) is 0 Å². The normalized spacial score (nSPS) is 20.6. The average Bonchev–Trinajstić information content (AvgIpc) is 2.96. The molecule has 1 fully saturated rings. The van der Waals surface area contributed by atoms with Crippen molar-refractivity contribution in [2.24, 2.45) is 0 Å². The number of aromatic nitrogens is 1. The van der Waals surface area contributed by atoms with E-state index in [1.54, 1.807) is 29.1 Å². The number of anilines is 1. The van der Waals surface area contributed by atoms with Gasteiger partial charge in [-0.15, -0.1) is 23.1 Å². The fraction of sp³-hybridized carbons (Fsp3) is 0.200. The first-order valence-corrected chi connectivity index (χ1v) is 6.65. The van der Waals surface area contributed by atoms with Crippen LogP contribution in [-0.2, 0) is 4.79 Å². The fourth-order valence-electron chi connectivity index (χ4n) is 1.61. The highest BCUT2D eigenvalue weighted by Gasteiger charge is 2.36. The van der Waals surface area contributed by atoms with Crippen molar-refractivity contribution in [3.63, 3.8) is 0 Å². The number of hydrogen-bond donors (Lipinski definition) is 0. The van der Waals surface area contributed by atoms with Crippen LogP contribution in [0.2, 0.25) is 0 Å². The number of furan rings is 1. The minimum atomic E-state index is -0.0753. The van der Waals surface area contributed by atoms with Crippen molar-refractivity contribution in [1.82, 2.24) is 4.98 Å². The van der Waals surface area contributed by atoms with Crippen LogP contribution < -0.4 is 4.90 Å². The molecule has 1 unspecified atom stereocenters. The average molecular weight is 252 g/mol. The topological polar surface area (TPSA) is 46.3 Å². The predicted molar refractivity (Wildman–Crippen MR) is 63.5 cm³/mol. The molecule has 2 aromatic heterocycles. The molecule has 0 spiro atoms. The van der Waals surface area contributed by atoms with Crippen LogP contribution in [0.3, 0.4) is 0 Å². The monoisotopic (exact) mass is 252 g/mol. The molecule has 3 heterocycles. The third kappa shape index (κ3) is 1.54. The van der Waals surface area contributed by atoms with Gasteiger partial charge in [-0.3, -0.25) is 9.69 Å². The number of carbonyl (C=O) groups is 1. The second-order valence-corrected chi connectivity index (χ2v) is 5.20. The number of hydrogen-bond acceptors (Lipinski definition) is 5. The van der Waals surface area contributed by atoms with E-state index in [2.05, 4.69) is 4.98 Å². The minimum Gasteiger partial charge on any atom is -0.466 e. The third-order valence-corrected chi connectivity index (χ3v) is 4.22. The molecule has 4 nitrogen and oxygen atoms in total. The summed E-state index contributed by atoms with van der Waals surface area (Å²) in [6.07, 6.45) is 3.33. The van der Waals surface area contributed by atoms with Crippen molar-refractivity contribution >= 4 is 34.1 Å². The highest BCUT2D eigenvalue weighted by Crippen LogP contribution is 2.42. The van der Waals surface area contributed by atoms with E-state index < -0.39 is 0 Å². The van der Waals surface area contributed by atoms with Crippen molar-refractivity contribution in [3.8, 4) is 0 Å². The Balaban J connectivity index is 1.97. The van der Waals surface area contributed by atoms with E-state index in [-0.39, 0.29) is 11.3 Å². The van der Waals surface area contributed by atoms with E-state index in [4.69, 9.17) is 4.42 Å². The van der Waals surface area contributed by atoms with Crippen LogP contribution in [0.1, 0.15) is 11.1 Å². The summed E-state index contributed by atoms with van der Waals surface area (Å²) < 4.78 is 5.36. The molecule has 82 valence electrons. The maximum Gasteiger partial charge on any atom is 0.240 e. The Labute approximate surface area is 100 Å². The molecule has 1 saturated heterocycles. The van der Waals surface area contributed by atoms with Gasteiger partial charge in [-0.2, -0.15) is 0 Å². The molecule has 1 aliphatic heterocycles. The van der Waals surface area contributed by atoms with Gasteiger partial charge >= 0.3 is 0 Å². The van der Waals surface area contributed by atoms with Crippen molar-refractivity contribution in [2.75, 3.05) is 10.7 Å². The Morgan fingerprint density at radius 1 is 1.56 bits per heavy atom. The lowest BCUT2D eigenvalue weighted by molar-refractivity contribution is -0.115. The summed E-state index contributed by atoms with van der Waals surface area (Å²) in [5.74, 6) is 1.36. The van der Waals surface area contributed by atoms with E-state index in [0.29, 0.717) is 5.75 Å². The van der Waals surface area contributed by atoms with Crippen LogP contribution in [0.5, 0.6) is 0 Å². The van der Waals surface area contributed by atoms with Crippen molar-refractivity contribution in [1.29, 1.82) is 0 Å². The van der Waals surface area contributed by atoms with Gasteiger partial charge in [-0.1, -0.05) is 0 Å². The van der Waals surface area contributed by atoms with Crippen molar-refractivity contribution in [3.05, 3.63) is 35.7 Å². The first kappa shape index (κ1) is 9.92. The van der Waals surface area contributed by atoms with E-state index in [0.717, 1.165) is 10.9 Å². The van der Waals surface area contributed by atoms with E-state index in [1.807, 2.05) is 17.5 Å². The van der Waals surface area contributed by atoms with Gasteiger partial charge in [0.05, 0.1) is 12.0 Å². The first-order chi connectivity index (χ1) is 7.86. The zero-order chi connectivity index (χ0) is 11.0. The van der Waals surface area contributed by atoms with Crippen molar-refractivity contribution < 1.29 is 9.21 Å². The number of rotatable bonds is 2. The summed E-state index contributed by atoms with van der Waals surface area (Å²) >= 11 is 3.03. The zero-order valence-corrected chi connectivity index (χ0v) is 9.83. The van der Waals surface area contributed by atoms with Crippen LogP contribution in [0.15, 0.2) is 34.4 Å². The molecule has 1 atom stereocenters.